The Hall–Kier alpha value is -1.97. The first-order chi connectivity index (χ1) is 9.08. The van der Waals surface area contributed by atoms with Crippen molar-refractivity contribution in [3.8, 4) is 0 Å². The van der Waals surface area contributed by atoms with Crippen LogP contribution in [0.2, 0.25) is 0 Å². The molecular weight excluding hydrogens is 258 g/mol. The summed E-state index contributed by atoms with van der Waals surface area (Å²) in [5.74, 6) is -0.115. The lowest BCUT2D eigenvalue weighted by Crippen LogP contribution is -2.35. The summed E-state index contributed by atoms with van der Waals surface area (Å²) in [6.07, 6.45) is -3.60. The topological polar surface area (TPSA) is 154 Å². The molecule has 0 unspecified atom stereocenters. The molecule has 0 aromatic carbocycles. The number of rotatable bonds is 3. The van der Waals surface area contributed by atoms with Crippen LogP contribution in [0.25, 0.3) is 10.4 Å². The minimum atomic E-state index is -1.37. The molecule has 1 aliphatic heterocycles. The molecule has 0 bridgehead atoms. The van der Waals surface area contributed by atoms with Crippen molar-refractivity contribution in [2.75, 3.05) is 6.61 Å². The maximum Gasteiger partial charge on any atom is 0.350 e. The van der Waals surface area contributed by atoms with Crippen LogP contribution in [0.3, 0.4) is 0 Å². The fourth-order valence-electron chi connectivity index (χ4n) is 1.81. The monoisotopic (exact) mass is 269 g/mol. The number of nitrogens with zero attached hydrogens (tertiary/aromatic N) is 5. The summed E-state index contributed by atoms with van der Waals surface area (Å²) in [5.41, 5.74) is 7.41. The minimum absolute atomic E-state index is 0.115. The number of aromatic nitrogens is 2. The van der Waals surface area contributed by atoms with Gasteiger partial charge in [0.1, 0.15) is 24.1 Å². The van der Waals surface area contributed by atoms with E-state index in [-0.39, 0.29) is 5.82 Å². The quantitative estimate of drug-likeness (QED) is 0.355. The fraction of sp³-hybridized carbons (Fsp3) is 0.556. The number of ether oxygens (including phenoxy) is 1. The smallest absolute Gasteiger partial charge is 0.350 e. The molecule has 0 spiro atoms. The molecule has 1 aromatic rings. The summed E-state index contributed by atoms with van der Waals surface area (Å²) in [4.78, 5) is 17.6. The third-order valence-electron chi connectivity index (χ3n) is 2.75. The van der Waals surface area contributed by atoms with Gasteiger partial charge in [-0.25, -0.2) is 4.79 Å². The molecule has 1 aliphatic rings. The van der Waals surface area contributed by atoms with Crippen molar-refractivity contribution in [3.05, 3.63) is 33.2 Å². The highest BCUT2D eigenvalue weighted by Gasteiger charge is 2.43. The third-order valence-corrected chi connectivity index (χ3v) is 2.75. The first kappa shape index (κ1) is 13.5. The van der Waals surface area contributed by atoms with Gasteiger partial charge in [0, 0.05) is 11.1 Å². The second-order valence-electron chi connectivity index (χ2n) is 3.89. The molecule has 0 amide bonds. The molecule has 0 saturated carbocycles. The van der Waals surface area contributed by atoms with E-state index in [0.717, 1.165) is 4.57 Å². The maximum absolute atomic E-state index is 11.7. The van der Waals surface area contributed by atoms with Crippen LogP contribution in [0.5, 0.6) is 0 Å². The molecule has 10 nitrogen and oxygen atoms in total. The first-order valence-electron chi connectivity index (χ1n) is 5.35. The molecule has 0 aliphatic carbocycles. The molecule has 2 heterocycles. The molecule has 0 radical (unpaired) electrons. The van der Waals surface area contributed by atoms with Crippen LogP contribution in [0.1, 0.15) is 6.23 Å². The highest BCUT2D eigenvalue weighted by molar-refractivity contribution is 5.23. The Morgan fingerprint density at radius 3 is 2.79 bits per heavy atom. The van der Waals surface area contributed by atoms with E-state index in [0.29, 0.717) is 0 Å². The van der Waals surface area contributed by atoms with Crippen LogP contribution >= 0.6 is 0 Å². The normalized spacial score (nSPS) is 30.1. The summed E-state index contributed by atoms with van der Waals surface area (Å²) in [5, 5.41) is 31.4. The van der Waals surface area contributed by atoms with E-state index in [1.165, 1.54) is 12.3 Å². The van der Waals surface area contributed by atoms with Crippen molar-refractivity contribution in [2.45, 2.75) is 24.5 Å². The summed E-state index contributed by atoms with van der Waals surface area (Å²) in [6.45, 7) is -0.492. The van der Waals surface area contributed by atoms with Gasteiger partial charge in [-0.05, 0) is 16.7 Å². The van der Waals surface area contributed by atoms with Crippen molar-refractivity contribution >= 4 is 5.82 Å². The number of hydrogen-bond acceptors (Lipinski definition) is 7. The van der Waals surface area contributed by atoms with Gasteiger partial charge < -0.3 is 20.1 Å². The zero-order valence-electron chi connectivity index (χ0n) is 9.57. The predicted molar refractivity (Wildman–Crippen MR) is 60.3 cm³/mol. The SMILES string of the molecule is [N-]=[N+]=Nc1ccn([C@@H]2O[C@H](CO)[C@@H](O)[C@H]2O)c(=O)n1. The van der Waals surface area contributed by atoms with Gasteiger partial charge in [0.25, 0.3) is 0 Å². The summed E-state index contributed by atoms with van der Waals surface area (Å²) < 4.78 is 6.12. The van der Waals surface area contributed by atoms with E-state index in [2.05, 4.69) is 15.0 Å². The lowest BCUT2D eigenvalue weighted by molar-refractivity contribution is -0.0549. The van der Waals surface area contributed by atoms with E-state index in [4.69, 9.17) is 15.4 Å². The van der Waals surface area contributed by atoms with Crippen LogP contribution in [0, 0.1) is 0 Å². The molecule has 4 atom stereocenters. The fourth-order valence-corrected chi connectivity index (χ4v) is 1.81. The highest BCUT2D eigenvalue weighted by atomic mass is 16.6. The highest BCUT2D eigenvalue weighted by Crippen LogP contribution is 2.28. The largest absolute Gasteiger partial charge is 0.394 e. The molecule has 1 saturated heterocycles. The minimum Gasteiger partial charge on any atom is -0.394 e. The Bertz CT molecular complexity index is 568. The Kier molecular flexibility index (Phi) is 3.79. The van der Waals surface area contributed by atoms with Crippen molar-refractivity contribution in [1.29, 1.82) is 0 Å². The molecule has 19 heavy (non-hydrogen) atoms. The maximum atomic E-state index is 11.7. The summed E-state index contributed by atoms with van der Waals surface area (Å²) in [7, 11) is 0. The number of aliphatic hydroxyl groups excluding tert-OH is 3. The van der Waals surface area contributed by atoms with Crippen molar-refractivity contribution in [1.82, 2.24) is 9.55 Å². The Morgan fingerprint density at radius 2 is 2.26 bits per heavy atom. The van der Waals surface area contributed by atoms with Crippen LogP contribution in [-0.4, -0.2) is 49.8 Å². The van der Waals surface area contributed by atoms with Crippen molar-refractivity contribution in [3.63, 3.8) is 0 Å². The third kappa shape index (κ3) is 2.43. The number of azide groups is 1. The predicted octanol–water partition coefficient (Wildman–Crippen LogP) is -1.20. The second-order valence-corrected chi connectivity index (χ2v) is 3.89. The average molecular weight is 269 g/mol. The van der Waals surface area contributed by atoms with Crippen LogP contribution in [0.4, 0.5) is 5.82 Å². The first-order valence-corrected chi connectivity index (χ1v) is 5.35. The molecule has 1 fully saturated rings. The Labute approximate surface area is 106 Å². The van der Waals surface area contributed by atoms with Gasteiger partial charge in [-0.3, -0.25) is 4.57 Å². The van der Waals surface area contributed by atoms with Crippen molar-refractivity contribution in [2.24, 2.45) is 5.11 Å². The molecular formula is C9H11N5O5. The molecule has 10 heteroatoms. The van der Waals surface area contributed by atoms with Gasteiger partial charge in [-0.1, -0.05) is 0 Å². The van der Waals surface area contributed by atoms with Gasteiger partial charge in [-0.2, -0.15) is 4.98 Å². The van der Waals surface area contributed by atoms with E-state index in [9.17, 15) is 15.0 Å². The Morgan fingerprint density at radius 1 is 1.53 bits per heavy atom. The van der Waals surface area contributed by atoms with Crippen LogP contribution < -0.4 is 5.69 Å². The lowest BCUT2D eigenvalue weighted by atomic mass is 10.1. The lowest BCUT2D eigenvalue weighted by Gasteiger charge is -2.16. The van der Waals surface area contributed by atoms with E-state index in [1.807, 2.05) is 0 Å². The van der Waals surface area contributed by atoms with E-state index in [1.54, 1.807) is 0 Å². The second kappa shape index (κ2) is 5.34. The van der Waals surface area contributed by atoms with Gasteiger partial charge >= 0.3 is 5.69 Å². The summed E-state index contributed by atoms with van der Waals surface area (Å²) >= 11 is 0. The molecule has 102 valence electrons. The van der Waals surface area contributed by atoms with Crippen molar-refractivity contribution < 1.29 is 20.1 Å². The average Bonchev–Trinajstić information content (AvgIpc) is 2.67. The van der Waals surface area contributed by atoms with Crippen LogP contribution in [0.15, 0.2) is 22.2 Å². The molecule has 1 aromatic heterocycles. The van der Waals surface area contributed by atoms with Gasteiger partial charge in [-0.15, -0.1) is 0 Å². The molecule has 3 N–H and O–H groups in total. The van der Waals surface area contributed by atoms with Gasteiger partial charge in [0.2, 0.25) is 0 Å². The Balaban J connectivity index is 2.33. The summed E-state index contributed by atoms with van der Waals surface area (Å²) in [6, 6.07) is 1.26. The van der Waals surface area contributed by atoms with Crippen LogP contribution in [-0.2, 0) is 4.74 Å². The number of hydrogen-bond donors (Lipinski definition) is 3. The standard InChI is InChI=1S/C9H11N5O5/c10-13-12-5-1-2-14(9(18)11-5)8-7(17)6(16)4(3-15)19-8/h1-2,4,6-8,15-17H,3H2/t4-,6-,7-,8-/m1/s1. The van der Waals surface area contributed by atoms with E-state index < -0.39 is 36.8 Å². The zero-order chi connectivity index (χ0) is 14.0. The van der Waals surface area contributed by atoms with Gasteiger partial charge in [0.15, 0.2) is 6.23 Å². The zero-order valence-corrected chi connectivity index (χ0v) is 9.57. The number of aliphatic hydroxyl groups is 3. The molecule has 2 rings (SSSR count). The van der Waals surface area contributed by atoms with Gasteiger partial charge in [0.05, 0.1) is 6.61 Å². The van der Waals surface area contributed by atoms with E-state index >= 15 is 0 Å².